The Morgan fingerprint density at radius 2 is 0.702 bits per heavy atom. The van der Waals surface area contributed by atoms with Gasteiger partial charge >= 0.3 is 0 Å². The summed E-state index contributed by atoms with van der Waals surface area (Å²) in [6, 6.07) is 60.9. The number of carbonyl (C=O) groups excluding carboxylic acids is 2. The van der Waals surface area contributed by atoms with E-state index in [1.54, 1.807) is 34.8 Å². The molecule has 15 rings (SSSR count). The molecule has 0 saturated carbocycles. The molecule has 4 heterocycles. The van der Waals surface area contributed by atoms with Gasteiger partial charge in [-0.1, -0.05) is 121 Å². The average Bonchev–Trinajstić information content (AvgIpc) is 1.60. The maximum atomic E-state index is 14.8. The van der Waals surface area contributed by atoms with Crippen LogP contribution >= 0.6 is 45.3 Å². The zero-order valence-corrected chi connectivity index (χ0v) is 46.3. The lowest BCUT2D eigenvalue weighted by Gasteiger charge is -2.35. The first-order valence-electron chi connectivity index (χ1n) is 26.1. The third kappa shape index (κ3) is 6.82. The number of ketones is 2. The van der Waals surface area contributed by atoms with E-state index in [2.05, 4.69) is 60.7 Å². The molecule has 84 heavy (non-hydrogen) atoms. The van der Waals surface area contributed by atoms with Crippen LogP contribution in [0.15, 0.2) is 192 Å². The van der Waals surface area contributed by atoms with E-state index >= 15 is 0 Å². The molecule has 4 aliphatic rings. The van der Waals surface area contributed by atoms with E-state index in [9.17, 15) is 48.2 Å². The Labute approximate surface area is 491 Å². The molecule has 394 valence electrons. The number of benzene rings is 7. The van der Waals surface area contributed by atoms with Crippen molar-refractivity contribution in [3.63, 3.8) is 0 Å². The highest BCUT2D eigenvalue weighted by atomic mass is 32.1. The Balaban J connectivity index is 0.993. The third-order valence-electron chi connectivity index (χ3n) is 16.5. The SMILES string of the molecule is N#CC(C#N)=C1/C(=C/c2cc3sc4c(c3s2)C(c2ccccc2)(c2ccccc2)c2cc3c(cc2-4)C(c2ccccc2)(c2ccccc2)c2c-3sc3cc(/C=C4\C(=O)c5cc(F)c(F)cc5C4=C(C#N)C#N)sc23)C(=O)c2cc(F)c(F)cc21. The van der Waals surface area contributed by atoms with E-state index in [4.69, 9.17) is 0 Å². The van der Waals surface area contributed by atoms with E-state index in [-0.39, 0.29) is 44.5 Å². The molecular weight excluding hydrogens is 1130 g/mol. The van der Waals surface area contributed by atoms with E-state index in [0.29, 0.717) is 9.75 Å². The molecule has 7 aromatic carbocycles. The van der Waals surface area contributed by atoms with Gasteiger partial charge in [-0.15, -0.1) is 45.3 Å². The van der Waals surface area contributed by atoms with Crippen LogP contribution in [0.3, 0.4) is 0 Å². The molecule has 0 saturated heterocycles. The van der Waals surface area contributed by atoms with E-state index in [1.807, 2.05) is 109 Å². The molecule has 4 aliphatic carbocycles. The van der Waals surface area contributed by atoms with Crippen molar-refractivity contribution in [1.29, 1.82) is 21.0 Å². The number of nitrogens with zero attached hydrogens (tertiary/aromatic N) is 4. The van der Waals surface area contributed by atoms with Crippen LogP contribution in [0.5, 0.6) is 0 Å². The van der Waals surface area contributed by atoms with Gasteiger partial charge in [0.25, 0.3) is 0 Å². The Bertz CT molecular complexity index is 4720. The Hall–Kier alpha value is -10.2. The molecule has 0 fully saturated rings. The molecule has 0 radical (unpaired) electrons. The minimum atomic E-state index is -1.22. The summed E-state index contributed by atoms with van der Waals surface area (Å²) >= 11 is 6.16. The molecule has 0 unspecified atom stereocenters. The van der Waals surface area contributed by atoms with Crippen molar-refractivity contribution in [3.8, 4) is 45.2 Å². The molecule has 0 amide bonds. The number of rotatable bonds is 6. The van der Waals surface area contributed by atoms with Crippen LogP contribution in [0.4, 0.5) is 17.6 Å². The number of Topliss-reactive ketones (excluding diaryl/α,β-unsaturated/α-hetero) is 2. The average molecular weight is 1160 g/mol. The van der Waals surface area contributed by atoms with Crippen LogP contribution in [0.1, 0.15) is 86.1 Å². The van der Waals surface area contributed by atoms with E-state index in [0.717, 1.165) is 108 Å². The second-order valence-electron chi connectivity index (χ2n) is 20.5. The molecule has 0 spiro atoms. The number of fused-ring (bicyclic) bond motifs is 12. The maximum absolute atomic E-state index is 14.8. The van der Waals surface area contributed by atoms with Crippen LogP contribution in [-0.2, 0) is 10.8 Å². The quantitative estimate of drug-likeness (QED) is 0.0926. The van der Waals surface area contributed by atoms with E-state index in [1.165, 1.54) is 22.7 Å². The van der Waals surface area contributed by atoms with Gasteiger partial charge in [-0.05, 0) is 116 Å². The van der Waals surface area contributed by atoms with Crippen molar-refractivity contribution in [3.05, 3.63) is 292 Å². The summed E-state index contributed by atoms with van der Waals surface area (Å²) in [5.41, 5.74) is 7.14. The van der Waals surface area contributed by atoms with Crippen LogP contribution < -0.4 is 0 Å². The molecule has 11 aromatic rings. The van der Waals surface area contributed by atoms with Crippen molar-refractivity contribution in [2.45, 2.75) is 10.8 Å². The van der Waals surface area contributed by atoms with Crippen molar-refractivity contribution in [2.75, 3.05) is 0 Å². The Morgan fingerprint density at radius 1 is 0.393 bits per heavy atom. The summed E-state index contributed by atoms with van der Waals surface area (Å²) in [6.07, 6.45) is 3.24. The normalized spacial score (nSPS) is 15.6. The fraction of sp³-hybridized carbons (Fsp3) is 0.0286. The monoisotopic (exact) mass is 1160 g/mol. The second kappa shape index (κ2) is 18.7. The van der Waals surface area contributed by atoms with Gasteiger partial charge in [0, 0.05) is 73.5 Å². The van der Waals surface area contributed by atoms with Crippen molar-refractivity contribution in [1.82, 2.24) is 0 Å². The summed E-state index contributed by atoms with van der Waals surface area (Å²) in [5.74, 6) is -6.11. The first-order chi connectivity index (χ1) is 40.9. The molecule has 6 nitrogen and oxygen atoms in total. The lowest BCUT2D eigenvalue weighted by atomic mass is 9.66. The zero-order chi connectivity index (χ0) is 57.5. The smallest absolute Gasteiger partial charge is 0.194 e. The van der Waals surface area contributed by atoms with Gasteiger partial charge in [0.05, 0.1) is 20.2 Å². The van der Waals surface area contributed by atoms with Crippen molar-refractivity contribution in [2.24, 2.45) is 0 Å². The maximum Gasteiger partial charge on any atom is 0.194 e. The molecule has 4 aromatic heterocycles. The third-order valence-corrected chi connectivity index (χ3v) is 21.3. The first-order valence-corrected chi connectivity index (χ1v) is 29.4. The zero-order valence-electron chi connectivity index (χ0n) is 43.1. The summed E-state index contributed by atoms with van der Waals surface area (Å²) < 4.78 is 62.9. The van der Waals surface area contributed by atoms with Crippen LogP contribution in [0.2, 0.25) is 0 Å². The largest absolute Gasteiger partial charge is 0.289 e. The molecule has 0 N–H and O–H groups in total. The van der Waals surface area contributed by atoms with Gasteiger partial charge < -0.3 is 0 Å². The summed E-state index contributed by atoms with van der Waals surface area (Å²) in [4.78, 5) is 31.8. The van der Waals surface area contributed by atoms with Crippen molar-refractivity contribution >= 4 is 99.0 Å². The molecule has 0 atom stereocenters. The predicted octanol–water partition coefficient (Wildman–Crippen LogP) is 17.7. The number of hydrogen-bond donors (Lipinski definition) is 0. The molecule has 0 bridgehead atoms. The number of thiophene rings is 4. The number of halogens is 4. The Kier molecular flexibility index (Phi) is 11.3. The highest BCUT2D eigenvalue weighted by Gasteiger charge is 2.54. The molecule has 14 heteroatoms. The van der Waals surface area contributed by atoms with Crippen molar-refractivity contribution < 1.29 is 27.2 Å². The van der Waals surface area contributed by atoms with Crippen LogP contribution in [-0.4, -0.2) is 11.6 Å². The summed E-state index contributed by atoms with van der Waals surface area (Å²) in [5, 5.41) is 40.5. The van der Waals surface area contributed by atoms with Gasteiger partial charge in [0.1, 0.15) is 35.4 Å². The second-order valence-corrected chi connectivity index (χ2v) is 24.8. The van der Waals surface area contributed by atoms with Crippen LogP contribution in [0, 0.1) is 68.6 Å². The highest BCUT2D eigenvalue weighted by Crippen LogP contribution is 2.68. The van der Waals surface area contributed by atoms with Gasteiger partial charge in [-0.2, -0.15) is 21.0 Å². The Morgan fingerprint density at radius 3 is 1.01 bits per heavy atom. The summed E-state index contributed by atoms with van der Waals surface area (Å²) in [6.45, 7) is 0. The topological polar surface area (TPSA) is 129 Å². The first kappa shape index (κ1) is 50.8. The van der Waals surface area contributed by atoms with Gasteiger partial charge in [0.15, 0.2) is 34.8 Å². The minimum Gasteiger partial charge on any atom is -0.289 e. The van der Waals surface area contributed by atoms with Gasteiger partial charge in [-0.25, -0.2) is 17.6 Å². The lowest BCUT2D eigenvalue weighted by molar-refractivity contribution is 0.103. The summed E-state index contributed by atoms with van der Waals surface area (Å²) in [7, 11) is 0. The number of carbonyl (C=O) groups is 2. The fourth-order valence-corrected chi connectivity index (χ4v) is 18.7. The standard InChI is InChI=1S/C70H30F4N4O2S4/c71-53-27-43-45(29-55(53)73)63(79)49(59(43)35(31-75)32-76)21-41-23-57-67(81-41)61-65(83-57)47-26-52-48(25-51(47)69(61,37-13-5-1-6-14-37)38-15-7-2-8-16-38)66-62(70(52,39-17-9-3-10-18-39)40-19-11-4-12-20-40)68-58(84-66)24-42(82-68)22-50-60(36(33-77)34-78)44-28-54(72)56(74)30-46(44)64(50)80/h1-30H/b49-21-,50-22-. The van der Waals surface area contributed by atoms with Gasteiger partial charge in [0.2, 0.25) is 0 Å². The van der Waals surface area contributed by atoms with E-state index < -0.39 is 56.8 Å². The highest BCUT2D eigenvalue weighted by molar-refractivity contribution is 7.31. The molecular formula is C70H30F4N4O2S4. The lowest BCUT2D eigenvalue weighted by Crippen LogP contribution is -2.29. The fourth-order valence-electron chi connectivity index (χ4n) is 13.2. The number of hydrogen-bond acceptors (Lipinski definition) is 10. The number of nitriles is 4. The minimum absolute atomic E-state index is 0.0102. The predicted molar refractivity (Wildman–Crippen MR) is 321 cm³/mol. The van der Waals surface area contributed by atoms with Gasteiger partial charge in [-0.3, -0.25) is 9.59 Å². The number of allylic oxidation sites excluding steroid dienone is 6. The molecule has 0 aliphatic heterocycles. The van der Waals surface area contributed by atoms with Crippen LogP contribution in [0.25, 0.3) is 63.0 Å².